The zero-order chi connectivity index (χ0) is 24.0. The van der Waals surface area contributed by atoms with E-state index >= 15 is 0 Å². The Morgan fingerprint density at radius 3 is 2.41 bits per heavy atom. The molecule has 2 amide bonds. The molecular weight excluding hydrogens is 444 g/mol. The Morgan fingerprint density at radius 2 is 1.84 bits per heavy atom. The Bertz CT molecular complexity index is 886. The van der Waals surface area contributed by atoms with Gasteiger partial charge < -0.3 is 24.8 Å². The van der Waals surface area contributed by atoms with Crippen LogP contribution < -0.4 is 10.1 Å². The first-order valence-electron chi connectivity index (χ1n) is 9.35. The Morgan fingerprint density at radius 1 is 1.22 bits per heavy atom. The molecule has 0 radical (unpaired) electrons. The summed E-state index contributed by atoms with van der Waals surface area (Å²) in [7, 11) is 0. The van der Waals surface area contributed by atoms with E-state index in [0.29, 0.717) is 0 Å². The van der Waals surface area contributed by atoms with Gasteiger partial charge in [0.2, 0.25) is 23.4 Å². The first kappa shape index (κ1) is 25.0. The lowest BCUT2D eigenvalue weighted by Gasteiger charge is -2.23. The Kier molecular flexibility index (Phi) is 8.52. The van der Waals surface area contributed by atoms with Gasteiger partial charge in [0.25, 0.3) is 0 Å². The van der Waals surface area contributed by atoms with Crippen molar-refractivity contribution in [3.8, 4) is 5.75 Å². The molecule has 1 heterocycles. The van der Waals surface area contributed by atoms with E-state index < -0.39 is 71.7 Å². The summed E-state index contributed by atoms with van der Waals surface area (Å²) in [5, 5.41) is 11.2. The number of hydrogen-bond acceptors (Lipinski definition) is 6. The van der Waals surface area contributed by atoms with E-state index in [0.717, 1.165) is 0 Å². The molecule has 2 rings (SSSR count). The number of ether oxygens (including phenoxy) is 2. The van der Waals surface area contributed by atoms with Crippen molar-refractivity contribution in [2.24, 2.45) is 5.92 Å². The first-order chi connectivity index (χ1) is 15.0. The molecule has 1 fully saturated rings. The number of carbonyl (C=O) groups excluding carboxylic acids is 3. The number of nitrogens with zero attached hydrogens (tertiary/aromatic N) is 1. The van der Waals surface area contributed by atoms with Gasteiger partial charge in [-0.25, -0.2) is 8.78 Å². The fraction of sp³-hybridized carbons (Fsp3) is 0.474. The van der Waals surface area contributed by atoms with Crippen molar-refractivity contribution in [2.75, 3.05) is 32.9 Å². The van der Waals surface area contributed by atoms with Gasteiger partial charge in [-0.3, -0.25) is 19.2 Å². The molecule has 176 valence electrons. The molecule has 13 heteroatoms. The van der Waals surface area contributed by atoms with Gasteiger partial charge >= 0.3 is 5.97 Å². The molecule has 0 spiro atoms. The largest absolute Gasteiger partial charge is 0.481 e. The number of carboxylic acids is 1. The molecule has 2 unspecified atom stereocenters. The minimum Gasteiger partial charge on any atom is -0.481 e. The van der Waals surface area contributed by atoms with Crippen molar-refractivity contribution in [2.45, 2.75) is 19.4 Å². The van der Waals surface area contributed by atoms with Crippen molar-refractivity contribution in [3.05, 3.63) is 29.3 Å². The topological polar surface area (TPSA) is 122 Å². The number of nitrogens with one attached hydrogen (secondary N) is 1. The number of rotatable bonds is 8. The molecule has 2 atom stereocenters. The van der Waals surface area contributed by atoms with E-state index in [-0.39, 0.29) is 38.3 Å². The van der Waals surface area contributed by atoms with Crippen LogP contribution in [-0.4, -0.2) is 72.5 Å². The zero-order valence-electron chi connectivity index (χ0n) is 16.8. The molecule has 1 aromatic carbocycles. The molecule has 1 aliphatic heterocycles. The van der Waals surface area contributed by atoms with Crippen LogP contribution in [0.15, 0.2) is 6.07 Å². The summed E-state index contributed by atoms with van der Waals surface area (Å²) in [6, 6.07) is -1.73. The number of Topliss-reactive ketones (excluding diaryl/α,β-unsaturated/α-hetero) is 1. The van der Waals surface area contributed by atoms with Crippen LogP contribution in [-0.2, 0) is 23.9 Å². The maximum atomic E-state index is 13.7. The third-order valence-electron chi connectivity index (χ3n) is 4.60. The lowest BCUT2D eigenvalue weighted by Crippen LogP contribution is -2.49. The lowest BCUT2D eigenvalue weighted by atomic mass is 10.1. The second-order valence-corrected chi connectivity index (χ2v) is 6.95. The maximum Gasteiger partial charge on any atom is 0.305 e. The molecule has 0 aromatic heterocycles. The highest BCUT2D eigenvalue weighted by atomic mass is 19.2. The van der Waals surface area contributed by atoms with E-state index in [2.05, 4.69) is 10.1 Å². The zero-order valence-corrected chi connectivity index (χ0v) is 16.8. The molecule has 0 aliphatic carbocycles. The van der Waals surface area contributed by atoms with Gasteiger partial charge in [-0.15, -0.1) is 0 Å². The summed E-state index contributed by atoms with van der Waals surface area (Å²) in [6.07, 6.45) is -0.902. The standard InChI is InChI=1S/C19H20F4N2O7/c1-9(26)25-2-3-31-7-10(6-25)19(30)24-13(5-15(28)29)14(27)8-32-18-16(22)11(20)4-12(21)17(18)23/h4,10,13H,2-3,5-8H2,1H3,(H,24,30)(H,28,29). The van der Waals surface area contributed by atoms with Gasteiger partial charge in [0.05, 0.1) is 25.6 Å². The van der Waals surface area contributed by atoms with Crippen molar-refractivity contribution in [1.29, 1.82) is 0 Å². The van der Waals surface area contributed by atoms with E-state index in [9.17, 15) is 36.7 Å². The predicted molar refractivity (Wildman–Crippen MR) is 97.5 cm³/mol. The highest BCUT2D eigenvalue weighted by Gasteiger charge is 2.31. The van der Waals surface area contributed by atoms with Crippen LogP contribution in [0.1, 0.15) is 13.3 Å². The number of benzene rings is 1. The monoisotopic (exact) mass is 464 g/mol. The number of carboxylic acid groups (broad SMARTS) is 1. The predicted octanol–water partition coefficient (Wildman–Crippen LogP) is 0.645. The molecule has 2 N–H and O–H groups in total. The number of aliphatic carboxylic acids is 1. The SMILES string of the molecule is CC(=O)N1CCOCC(C(=O)NC(CC(=O)O)C(=O)COc2c(F)c(F)cc(F)c2F)C1. The summed E-state index contributed by atoms with van der Waals surface area (Å²) in [4.78, 5) is 49.0. The van der Waals surface area contributed by atoms with Gasteiger partial charge in [0.15, 0.2) is 23.2 Å². The number of hydrogen-bond donors (Lipinski definition) is 2. The molecule has 1 aliphatic rings. The van der Waals surface area contributed by atoms with Crippen molar-refractivity contribution in [1.82, 2.24) is 10.2 Å². The summed E-state index contributed by atoms with van der Waals surface area (Å²) in [5.41, 5.74) is 0. The average Bonchev–Trinajstić information content (AvgIpc) is 2.98. The van der Waals surface area contributed by atoms with Gasteiger partial charge in [-0.05, 0) is 0 Å². The molecule has 0 bridgehead atoms. The summed E-state index contributed by atoms with van der Waals surface area (Å²) in [5.74, 6) is -13.4. The number of amides is 2. The van der Waals surface area contributed by atoms with Gasteiger partial charge in [0.1, 0.15) is 12.6 Å². The van der Waals surface area contributed by atoms with Crippen LogP contribution in [0.3, 0.4) is 0 Å². The highest BCUT2D eigenvalue weighted by Crippen LogP contribution is 2.26. The Labute approximate surface area is 179 Å². The van der Waals surface area contributed by atoms with Crippen LogP contribution in [0.25, 0.3) is 0 Å². The molecule has 1 aromatic rings. The average molecular weight is 464 g/mol. The normalized spacial score (nSPS) is 17.3. The molecule has 32 heavy (non-hydrogen) atoms. The summed E-state index contributed by atoms with van der Waals surface area (Å²) >= 11 is 0. The molecule has 1 saturated heterocycles. The van der Waals surface area contributed by atoms with Crippen LogP contribution in [0, 0.1) is 29.2 Å². The maximum absolute atomic E-state index is 13.7. The third-order valence-corrected chi connectivity index (χ3v) is 4.60. The minimum absolute atomic E-state index is 0.0371. The fourth-order valence-corrected chi connectivity index (χ4v) is 2.89. The summed E-state index contributed by atoms with van der Waals surface area (Å²) in [6.45, 7) is 0.392. The lowest BCUT2D eigenvalue weighted by molar-refractivity contribution is -0.141. The van der Waals surface area contributed by atoms with Crippen molar-refractivity contribution < 1.29 is 51.3 Å². The second kappa shape index (κ2) is 10.9. The number of ketones is 1. The van der Waals surface area contributed by atoms with Crippen LogP contribution in [0.5, 0.6) is 5.75 Å². The van der Waals surface area contributed by atoms with E-state index in [4.69, 9.17) is 9.84 Å². The Balaban J connectivity index is 2.11. The van der Waals surface area contributed by atoms with Crippen LogP contribution in [0.2, 0.25) is 0 Å². The minimum atomic E-state index is -1.88. The quantitative estimate of drug-likeness (QED) is 0.428. The Hall–Kier alpha value is -3.22. The first-order valence-corrected chi connectivity index (χ1v) is 9.35. The molecule has 0 saturated carbocycles. The third kappa shape index (κ3) is 6.39. The summed E-state index contributed by atoms with van der Waals surface area (Å²) < 4.78 is 63.6. The van der Waals surface area contributed by atoms with E-state index in [1.165, 1.54) is 11.8 Å². The van der Waals surface area contributed by atoms with Crippen molar-refractivity contribution >= 4 is 23.6 Å². The number of halogens is 4. The van der Waals surface area contributed by atoms with Gasteiger partial charge in [0, 0.05) is 26.1 Å². The van der Waals surface area contributed by atoms with Crippen molar-refractivity contribution in [3.63, 3.8) is 0 Å². The fourth-order valence-electron chi connectivity index (χ4n) is 2.89. The smallest absolute Gasteiger partial charge is 0.305 e. The second-order valence-electron chi connectivity index (χ2n) is 6.95. The molecular formula is C19H20F4N2O7. The van der Waals surface area contributed by atoms with E-state index in [1.807, 2.05) is 0 Å². The van der Waals surface area contributed by atoms with Crippen LogP contribution >= 0.6 is 0 Å². The number of carbonyl (C=O) groups is 4. The molecule has 9 nitrogen and oxygen atoms in total. The highest BCUT2D eigenvalue weighted by molar-refractivity contribution is 5.93. The van der Waals surface area contributed by atoms with Gasteiger partial charge in [-0.1, -0.05) is 0 Å². The van der Waals surface area contributed by atoms with Gasteiger partial charge in [-0.2, -0.15) is 8.78 Å². The van der Waals surface area contributed by atoms with Crippen LogP contribution in [0.4, 0.5) is 17.6 Å². The van der Waals surface area contributed by atoms with E-state index in [1.54, 1.807) is 0 Å².